The summed E-state index contributed by atoms with van der Waals surface area (Å²) in [6, 6.07) is 22.7. The first-order valence-electron chi connectivity index (χ1n) is 10.2. The first-order chi connectivity index (χ1) is 14.0. The van der Waals surface area contributed by atoms with Gasteiger partial charge < -0.3 is 9.47 Å². The highest BCUT2D eigenvalue weighted by molar-refractivity contribution is 5.94. The highest BCUT2D eigenvalue weighted by Gasteiger charge is 2.18. The molecule has 0 saturated heterocycles. The van der Waals surface area contributed by atoms with Crippen LogP contribution in [0.2, 0.25) is 0 Å². The van der Waals surface area contributed by atoms with Gasteiger partial charge in [-0.05, 0) is 58.4 Å². The number of esters is 1. The summed E-state index contributed by atoms with van der Waals surface area (Å²) >= 11 is 0. The maximum absolute atomic E-state index is 12.8. The predicted octanol–water partition coefficient (Wildman–Crippen LogP) is 7.29. The molecule has 0 unspecified atom stereocenters. The van der Waals surface area contributed by atoms with Crippen molar-refractivity contribution in [3.05, 3.63) is 89.5 Å². The Bertz CT molecular complexity index is 1000. The summed E-state index contributed by atoms with van der Waals surface area (Å²) in [7, 11) is 0. The van der Waals surface area contributed by atoms with Crippen molar-refractivity contribution >= 4 is 5.97 Å². The van der Waals surface area contributed by atoms with Gasteiger partial charge in [0.15, 0.2) is 0 Å². The standard InChI is InChI=1S/C27H30O3/c1-26(2,3)19-11-15-21(16-12-19)29-24-10-8-7-9-23(24)25(28)30-22-17-13-20(14-18-22)27(4,5)6/h7-18H,1-6H3. The maximum atomic E-state index is 12.8. The molecule has 0 saturated carbocycles. The molecule has 3 aromatic carbocycles. The van der Waals surface area contributed by atoms with E-state index in [0.29, 0.717) is 22.8 Å². The number of carbonyl (C=O) groups excluding carboxylic acids is 1. The average molecular weight is 403 g/mol. The number of carbonyl (C=O) groups is 1. The highest BCUT2D eigenvalue weighted by Crippen LogP contribution is 2.30. The van der Waals surface area contributed by atoms with Gasteiger partial charge in [0.1, 0.15) is 22.8 Å². The first-order valence-corrected chi connectivity index (χ1v) is 10.2. The highest BCUT2D eigenvalue weighted by atomic mass is 16.5. The van der Waals surface area contributed by atoms with E-state index in [4.69, 9.17) is 9.47 Å². The Labute approximate surface area is 179 Å². The summed E-state index contributed by atoms with van der Waals surface area (Å²) in [6.07, 6.45) is 0. The maximum Gasteiger partial charge on any atom is 0.347 e. The van der Waals surface area contributed by atoms with Crippen LogP contribution in [-0.4, -0.2) is 5.97 Å². The average Bonchev–Trinajstić information content (AvgIpc) is 2.68. The molecule has 3 rings (SSSR count). The molecule has 0 heterocycles. The molecule has 0 aliphatic carbocycles. The van der Waals surface area contributed by atoms with Crippen LogP contribution >= 0.6 is 0 Å². The van der Waals surface area contributed by atoms with Crippen LogP contribution in [-0.2, 0) is 10.8 Å². The summed E-state index contributed by atoms with van der Waals surface area (Å²) in [5.74, 6) is 1.22. The molecule has 3 heteroatoms. The minimum atomic E-state index is -0.444. The van der Waals surface area contributed by atoms with Gasteiger partial charge >= 0.3 is 5.97 Å². The Morgan fingerprint density at radius 2 is 1.10 bits per heavy atom. The van der Waals surface area contributed by atoms with Crippen LogP contribution in [0.5, 0.6) is 17.2 Å². The van der Waals surface area contributed by atoms with Crippen molar-refractivity contribution < 1.29 is 14.3 Å². The third-order valence-corrected chi connectivity index (χ3v) is 4.99. The summed E-state index contributed by atoms with van der Waals surface area (Å²) in [4.78, 5) is 12.8. The van der Waals surface area contributed by atoms with Gasteiger partial charge in [0.2, 0.25) is 0 Å². The van der Waals surface area contributed by atoms with E-state index in [-0.39, 0.29) is 10.8 Å². The molecule has 0 bridgehead atoms. The van der Waals surface area contributed by atoms with E-state index in [1.165, 1.54) is 11.1 Å². The van der Waals surface area contributed by atoms with Crippen molar-refractivity contribution in [2.24, 2.45) is 0 Å². The molecule has 0 aliphatic heterocycles. The van der Waals surface area contributed by atoms with Crippen molar-refractivity contribution in [3.8, 4) is 17.2 Å². The van der Waals surface area contributed by atoms with Gasteiger partial charge in [0.25, 0.3) is 0 Å². The Hall–Kier alpha value is -3.07. The molecule has 0 radical (unpaired) electrons. The quantitative estimate of drug-likeness (QED) is 0.339. The summed E-state index contributed by atoms with van der Waals surface area (Å²) in [5, 5.41) is 0. The molecule has 0 spiro atoms. The van der Waals surface area contributed by atoms with Gasteiger partial charge in [-0.2, -0.15) is 0 Å². The smallest absolute Gasteiger partial charge is 0.347 e. The summed E-state index contributed by atoms with van der Waals surface area (Å²) in [6.45, 7) is 13.0. The molecule has 0 N–H and O–H groups in total. The lowest BCUT2D eigenvalue weighted by atomic mass is 9.87. The van der Waals surface area contributed by atoms with E-state index in [1.54, 1.807) is 18.2 Å². The van der Waals surface area contributed by atoms with E-state index in [0.717, 1.165) is 0 Å². The molecular formula is C27H30O3. The molecular weight excluding hydrogens is 372 g/mol. The Morgan fingerprint density at radius 3 is 1.60 bits per heavy atom. The van der Waals surface area contributed by atoms with Crippen LogP contribution in [0.4, 0.5) is 0 Å². The van der Waals surface area contributed by atoms with E-state index in [2.05, 4.69) is 41.5 Å². The van der Waals surface area contributed by atoms with E-state index < -0.39 is 5.97 Å². The number of ether oxygens (including phenoxy) is 2. The molecule has 3 aromatic rings. The third kappa shape index (κ3) is 5.29. The van der Waals surface area contributed by atoms with Crippen LogP contribution in [0.15, 0.2) is 72.8 Å². The number of hydrogen-bond donors (Lipinski definition) is 0. The van der Waals surface area contributed by atoms with Gasteiger partial charge in [-0.1, -0.05) is 77.9 Å². The van der Waals surface area contributed by atoms with Gasteiger partial charge in [0, 0.05) is 0 Å². The second kappa shape index (κ2) is 8.35. The molecule has 0 atom stereocenters. The normalized spacial score (nSPS) is 11.8. The molecule has 156 valence electrons. The van der Waals surface area contributed by atoms with E-state index >= 15 is 0 Å². The SMILES string of the molecule is CC(C)(C)c1ccc(OC(=O)c2ccccc2Oc2ccc(C(C)(C)C)cc2)cc1. The fourth-order valence-electron chi connectivity index (χ4n) is 3.06. The summed E-state index contributed by atoms with van der Waals surface area (Å²) < 4.78 is 11.6. The fraction of sp³-hybridized carbons (Fsp3) is 0.296. The second-order valence-electron chi connectivity index (χ2n) is 9.54. The third-order valence-electron chi connectivity index (χ3n) is 4.99. The van der Waals surface area contributed by atoms with E-state index in [1.807, 2.05) is 54.6 Å². The van der Waals surface area contributed by atoms with Crippen molar-refractivity contribution in [2.45, 2.75) is 52.4 Å². The van der Waals surface area contributed by atoms with Gasteiger partial charge in [-0.15, -0.1) is 0 Å². The zero-order valence-electron chi connectivity index (χ0n) is 18.7. The lowest BCUT2D eigenvalue weighted by Gasteiger charge is -2.19. The minimum absolute atomic E-state index is 0.0471. The number of hydrogen-bond acceptors (Lipinski definition) is 3. The van der Waals surface area contributed by atoms with Crippen molar-refractivity contribution in [1.29, 1.82) is 0 Å². The first kappa shape index (κ1) is 21.6. The number of benzene rings is 3. The largest absolute Gasteiger partial charge is 0.456 e. The Balaban J connectivity index is 1.77. The van der Waals surface area contributed by atoms with Crippen LogP contribution in [0.3, 0.4) is 0 Å². The van der Waals surface area contributed by atoms with Crippen molar-refractivity contribution in [1.82, 2.24) is 0 Å². The topological polar surface area (TPSA) is 35.5 Å². The minimum Gasteiger partial charge on any atom is -0.456 e. The molecule has 30 heavy (non-hydrogen) atoms. The predicted molar refractivity (Wildman–Crippen MR) is 122 cm³/mol. The Kier molecular flexibility index (Phi) is 6.02. The monoisotopic (exact) mass is 402 g/mol. The molecule has 0 fully saturated rings. The molecule has 0 aromatic heterocycles. The zero-order chi connectivity index (χ0) is 21.9. The number of para-hydroxylation sites is 1. The second-order valence-corrected chi connectivity index (χ2v) is 9.54. The molecule has 0 amide bonds. The van der Waals surface area contributed by atoms with E-state index in [9.17, 15) is 4.79 Å². The van der Waals surface area contributed by atoms with Crippen LogP contribution < -0.4 is 9.47 Å². The Morgan fingerprint density at radius 1 is 0.633 bits per heavy atom. The van der Waals surface area contributed by atoms with Gasteiger partial charge in [-0.25, -0.2) is 4.79 Å². The van der Waals surface area contributed by atoms with Gasteiger partial charge in [-0.3, -0.25) is 0 Å². The zero-order valence-corrected chi connectivity index (χ0v) is 18.7. The van der Waals surface area contributed by atoms with Gasteiger partial charge in [0.05, 0.1) is 0 Å². The van der Waals surface area contributed by atoms with Crippen molar-refractivity contribution in [2.75, 3.05) is 0 Å². The van der Waals surface area contributed by atoms with Crippen LogP contribution in [0.1, 0.15) is 63.0 Å². The summed E-state index contributed by atoms with van der Waals surface area (Å²) in [5.41, 5.74) is 2.91. The number of rotatable bonds is 4. The van der Waals surface area contributed by atoms with Crippen LogP contribution in [0.25, 0.3) is 0 Å². The fourth-order valence-corrected chi connectivity index (χ4v) is 3.06. The molecule has 0 aliphatic rings. The lowest BCUT2D eigenvalue weighted by molar-refractivity contribution is 0.0732. The van der Waals surface area contributed by atoms with Crippen molar-refractivity contribution in [3.63, 3.8) is 0 Å². The lowest BCUT2D eigenvalue weighted by Crippen LogP contribution is -2.12. The molecule has 3 nitrogen and oxygen atoms in total. The van der Waals surface area contributed by atoms with Crippen LogP contribution in [0, 0.1) is 0 Å².